The molecule has 0 bridgehead atoms. The SMILES string of the molecule is CCSCCN1C(=O)C(C(C)C)NC(=O)C1CC(C)C. The van der Waals surface area contributed by atoms with Crippen molar-refractivity contribution in [1.82, 2.24) is 10.2 Å². The average Bonchev–Trinajstić information content (AvgIpc) is 2.36. The van der Waals surface area contributed by atoms with E-state index in [4.69, 9.17) is 0 Å². The minimum atomic E-state index is -0.363. The maximum absolute atomic E-state index is 12.6. The van der Waals surface area contributed by atoms with E-state index in [0.29, 0.717) is 12.5 Å². The topological polar surface area (TPSA) is 49.4 Å². The first-order valence-electron chi connectivity index (χ1n) is 7.57. The molecule has 0 saturated carbocycles. The Balaban J connectivity index is 2.85. The summed E-state index contributed by atoms with van der Waals surface area (Å²) in [7, 11) is 0. The van der Waals surface area contributed by atoms with Gasteiger partial charge in [-0.3, -0.25) is 9.59 Å². The van der Waals surface area contributed by atoms with E-state index in [2.05, 4.69) is 26.1 Å². The van der Waals surface area contributed by atoms with Gasteiger partial charge in [0.05, 0.1) is 0 Å². The Labute approximate surface area is 127 Å². The molecule has 0 aromatic rings. The van der Waals surface area contributed by atoms with Gasteiger partial charge in [-0.2, -0.15) is 11.8 Å². The highest BCUT2D eigenvalue weighted by Gasteiger charge is 2.41. The molecular formula is C15H28N2O2S. The number of rotatable bonds is 7. The van der Waals surface area contributed by atoms with Crippen molar-refractivity contribution >= 4 is 23.6 Å². The van der Waals surface area contributed by atoms with E-state index in [1.807, 2.05) is 30.5 Å². The molecule has 0 aromatic carbocycles. The molecule has 0 spiro atoms. The zero-order chi connectivity index (χ0) is 15.3. The second-order valence-corrected chi connectivity index (χ2v) is 7.50. The molecule has 1 rings (SSSR count). The van der Waals surface area contributed by atoms with E-state index in [1.165, 1.54) is 0 Å². The molecule has 1 heterocycles. The van der Waals surface area contributed by atoms with Crippen molar-refractivity contribution in [2.75, 3.05) is 18.1 Å². The van der Waals surface area contributed by atoms with Gasteiger partial charge in [-0.15, -0.1) is 0 Å². The first-order valence-corrected chi connectivity index (χ1v) is 8.72. The average molecular weight is 300 g/mol. The van der Waals surface area contributed by atoms with Crippen LogP contribution in [0.3, 0.4) is 0 Å². The fourth-order valence-corrected chi connectivity index (χ4v) is 3.11. The first kappa shape index (κ1) is 17.3. The van der Waals surface area contributed by atoms with Crippen LogP contribution in [0.1, 0.15) is 41.0 Å². The molecule has 1 aliphatic heterocycles. The molecule has 0 radical (unpaired) electrons. The third-order valence-corrected chi connectivity index (χ3v) is 4.45. The zero-order valence-electron chi connectivity index (χ0n) is 13.3. The van der Waals surface area contributed by atoms with Crippen LogP contribution in [-0.4, -0.2) is 46.8 Å². The van der Waals surface area contributed by atoms with Crippen molar-refractivity contribution in [2.24, 2.45) is 11.8 Å². The van der Waals surface area contributed by atoms with Crippen molar-refractivity contribution in [3.63, 3.8) is 0 Å². The van der Waals surface area contributed by atoms with Gasteiger partial charge in [-0.1, -0.05) is 34.6 Å². The Morgan fingerprint density at radius 3 is 2.40 bits per heavy atom. The summed E-state index contributed by atoms with van der Waals surface area (Å²) in [6.07, 6.45) is 0.735. The van der Waals surface area contributed by atoms with Gasteiger partial charge in [0.2, 0.25) is 11.8 Å². The van der Waals surface area contributed by atoms with Crippen LogP contribution in [0.2, 0.25) is 0 Å². The van der Waals surface area contributed by atoms with E-state index in [1.54, 1.807) is 0 Å². The summed E-state index contributed by atoms with van der Waals surface area (Å²) in [5, 5.41) is 2.90. The Morgan fingerprint density at radius 2 is 1.90 bits per heavy atom. The van der Waals surface area contributed by atoms with Crippen LogP contribution < -0.4 is 5.32 Å². The van der Waals surface area contributed by atoms with Crippen LogP contribution in [0.25, 0.3) is 0 Å². The molecule has 1 saturated heterocycles. The van der Waals surface area contributed by atoms with Crippen LogP contribution in [0.15, 0.2) is 0 Å². The van der Waals surface area contributed by atoms with Crippen molar-refractivity contribution in [1.29, 1.82) is 0 Å². The Bertz CT molecular complexity index is 345. The molecule has 2 atom stereocenters. The van der Waals surface area contributed by atoms with Crippen LogP contribution in [0.5, 0.6) is 0 Å². The van der Waals surface area contributed by atoms with Crippen LogP contribution in [-0.2, 0) is 9.59 Å². The van der Waals surface area contributed by atoms with Gasteiger partial charge in [-0.05, 0) is 24.0 Å². The predicted octanol–water partition coefficient (Wildman–Crippen LogP) is 2.14. The third kappa shape index (κ3) is 4.40. The van der Waals surface area contributed by atoms with E-state index in [9.17, 15) is 9.59 Å². The molecule has 20 heavy (non-hydrogen) atoms. The summed E-state index contributed by atoms with van der Waals surface area (Å²) in [4.78, 5) is 26.7. The van der Waals surface area contributed by atoms with Crippen molar-refractivity contribution in [2.45, 2.75) is 53.1 Å². The van der Waals surface area contributed by atoms with E-state index in [0.717, 1.165) is 17.9 Å². The number of hydrogen-bond donors (Lipinski definition) is 1. The van der Waals surface area contributed by atoms with Gasteiger partial charge in [0.1, 0.15) is 12.1 Å². The molecule has 1 fully saturated rings. The quantitative estimate of drug-likeness (QED) is 0.733. The summed E-state index contributed by atoms with van der Waals surface area (Å²) in [6.45, 7) is 10.9. The molecule has 2 amide bonds. The van der Waals surface area contributed by atoms with Gasteiger partial charge in [-0.25, -0.2) is 0 Å². The standard InChI is InChI=1S/C15H28N2O2S/c1-6-20-8-7-17-12(9-10(2)3)14(18)16-13(11(4)5)15(17)19/h10-13H,6-9H2,1-5H3,(H,16,18). The Morgan fingerprint density at radius 1 is 1.25 bits per heavy atom. The molecular weight excluding hydrogens is 272 g/mol. The summed E-state index contributed by atoms with van der Waals surface area (Å²) >= 11 is 1.81. The summed E-state index contributed by atoms with van der Waals surface area (Å²) in [5.74, 6) is 2.56. The van der Waals surface area contributed by atoms with Crippen molar-refractivity contribution in [3.05, 3.63) is 0 Å². The predicted molar refractivity (Wildman–Crippen MR) is 84.7 cm³/mol. The molecule has 5 heteroatoms. The fraction of sp³-hybridized carbons (Fsp3) is 0.867. The van der Waals surface area contributed by atoms with Gasteiger partial charge >= 0.3 is 0 Å². The summed E-state index contributed by atoms with van der Waals surface area (Å²) in [5.41, 5.74) is 0. The van der Waals surface area contributed by atoms with E-state index < -0.39 is 0 Å². The minimum Gasteiger partial charge on any atom is -0.342 e. The van der Waals surface area contributed by atoms with Crippen molar-refractivity contribution < 1.29 is 9.59 Å². The number of carbonyl (C=O) groups is 2. The maximum atomic E-state index is 12.6. The largest absolute Gasteiger partial charge is 0.342 e. The van der Waals surface area contributed by atoms with Gasteiger partial charge < -0.3 is 10.2 Å². The zero-order valence-corrected chi connectivity index (χ0v) is 14.1. The lowest BCUT2D eigenvalue weighted by molar-refractivity contribution is -0.150. The lowest BCUT2D eigenvalue weighted by atomic mass is 9.94. The Kier molecular flexibility index (Phi) is 6.86. The Hall–Kier alpha value is -0.710. The van der Waals surface area contributed by atoms with Gasteiger partial charge in [0.25, 0.3) is 0 Å². The highest BCUT2D eigenvalue weighted by molar-refractivity contribution is 7.99. The lowest BCUT2D eigenvalue weighted by Crippen LogP contribution is -2.65. The molecule has 4 nitrogen and oxygen atoms in total. The number of nitrogens with one attached hydrogen (secondary N) is 1. The number of hydrogen-bond acceptors (Lipinski definition) is 3. The molecule has 1 N–H and O–H groups in total. The number of piperazine rings is 1. The van der Waals surface area contributed by atoms with Crippen LogP contribution >= 0.6 is 11.8 Å². The second kappa shape index (κ2) is 7.91. The molecule has 0 aliphatic carbocycles. The highest BCUT2D eigenvalue weighted by Crippen LogP contribution is 2.21. The fourth-order valence-electron chi connectivity index (χ4n) is 2.49. The molecule has 116 valence electrons. The monoisotopic (exact) mass is 300 g/mol. The third-order valence-electron chi connectivity index (χ3n) is 3.57. The summed E-state index contributed by atoms with van der Waals surface area (Å²) < 4.78 is 0. The van der Waals surface area contributed by atoms with E-state index in [-0.39, 0.29) is 29.8 Å². The number of thioether (sulfide) groups is 1. The second-order valence-electron chi connectivity index (χ2n) is 6.10. The normalized spacial score (nSPS) is 23.6. The van der Waals surface area contributed by atoms with Gasteiger partial charge in [0.15, 0.2) is 0 Å². The van der Waals surface area contributed by atoms with E-state index >= 15 is 0 Å². The molecule has 0 aromatic heterocycles. The van der Waals surface area contributed by atoms with Crippen LogP contribution in [0.4, 0.5) is 0 Å². The van der Waals surface area contributed by atoms with Crippen molar-refractivity contribution in [3.8, 4) is 0 Å². The first-order chi connectivity index (χ1) is 9.38. The number of carbonyl (C=O) groups excluding carboxylic acids is 2. The summed E-state index contributed by atoms with van der Waals surface area (Å²) in [6, 6.07) is -0.660. The molecule has 1 aliphatic rings. The smallest absolute Gasteiger partial charge is 0.246 e. The number of nitrogens with zero attached hydrogens (tertiary/aromatic N) is 1. The lowest BCUT2D eigenvalue weighted by Gasteiger charge is -2.41. The number of amides is 2. The van der Waals surface area contributed by atoms with Gasteiger partial charge in [0, 0.05) is 12.3 Å². The highest BCUT2D eigenvalue weighted by atomic mass is 32.2. The minimum absolute atomic E-state index is 0.0125. The maximum Gasteiger partial charge on any atom is 0.246 e. The van der Waals surface area contributed by atoms with Crippen LogP contribution in [0, 0.1) is 11.8 Å². The molecule has 2 unspecified atom stereocenters.